The van der Waals surface area contributed by atoms with Crippen LogP contribution in [-0.4, -0.2) is 43.5 Å². The highest BCUT2D eigenvalue weighted by Gasteiger charge is 2.25. The van der Waals surface area contributed by atoms with E-state index in [1.807, 2.05) is 34.1 Å². The minimum absolute atomic E-state index is 0.0619. The number of carbonyl (C=O) groups excluding carboxylic acids is 2. The normalized spacial score (nSPS) is 15.7. The number of rotatable bonds is 8. The molecule has 0 bridgehead atoms. The van der Waals surface area contributed by atoms with Gasteiger partial charge in [0.2, 0.25) is 5.91 Å². The first-order chi connectivity index (χ1) is 15.9. The van der Waals surface area contributed by atoms with Gasteiger partial charge in [0.1, 0.15) is 18.1 Å². The second-order valence-electron chi connectivity index (χ2n) is 9.13. The van der Waals surface area contributed by atoms with Crippen molar-refractivity contribution in [2.24, 2.45) is 0 Å². The van der Waals surface area contributed by atoms with Gasteiger partial charge in [-0.2, -0.15) is 0 Å². The maximum atomic E-state index is 12.8. The number of ether oxygens (including phenoxy) is 2. The number of benzene rings is 2. The van der Waals surface area contributed by atoms with Crippen molar-refractivity contribution in [1.82, 2.24) is 4.90 Å². The van der Waals surface area contributed by atoms with Crippen molar-refractivity contribution in [3.05, 3.63) is 52.6 Å². The molecule has 0 unspecified atom stereocenters. The Labute approximate surface area is 196 Å². The standard InChI is InChI=1S/C27H34N2O4/c1-5-22-20(14-21(16-24(22)32-4)29-13-6-8-26(29)30)17-33-25-15-19(9-10-23(25)18(2)3)27(31)28-11-7-12-28/h9-10,14-16,18H,5-8,11-13,17H2,1-4H3. The summed E-state index contributed by atoms with van der Waals surface area (Å²) >= 11 is 0. The summed E-state index contributed by atoms with van der Waals surface area (Å²) in [5, 5.41) is 0. The molecular weight excluding hydrogens is 416 g/mol. The number of hydrogen-bond donors (Lipinski definition) is 0. The van der Waals surface area contributed by atoms with Crippen molar-refractivity contribution >= 4 is 17.5 Å². The van der Waals surface area contributed by atoms with Gasteiger partial charge in [0.05, 0.1) is 7.11 Å². The SMILES string of the molecule is CCc1c(COc2cc(C(=O)N3CCC3)ccc2C(C)C)cc(N2CCCC2=O)cc1OC. The van der Waals surface area contributed by atoms with Gasteiger partial charge in [-0.15, -0.1) is 0 Å². The van der Waals surface area contributed by atoms with Crippen LogP contribution < -0.4 is 14.4 Å². The van der Waals surface area contributed by atoms with E-state index in [1.54, 1.807) is 7.11 Å². The first kappa shape index (κ1) is 23.1. The molecule has 2 aromatic rings. The van der Waals surface area contributed by atoms with Crippen LogP contribution in [0.4, 0.5) is 5.69 Å². The monoisotopic (exact) mass is 450 g/mol. The Kier molecular flexibility index (Phi) is 6.91. The van der Waals surface area contributed by atoms with Crippen molar-refractivity contribution in [3.8, 4) is 11.5 Å². The fraction of sp³-hybridized carbons (Fsp3) is 0.481. The maximum Gasteiger partial charge on any atom is 0.253 e. The Morgan fingerprint density at radius 1 is 1.06 bits per heavy atom. The van der Waals surface area contributed by atoms with E-state index in [4.69, 9.17) is 9.47 Å². The summed E-state index contributed by atoms with van der Waals surface area (Å²) in [5.74, 6) is 1.99. The highest BCUT2D eigenvalue weighted by molar-refractivity contribution is 5.96. The fourth-order valence-corrected chi connectivity index (χ4v) is 4.60. The quantitative estimate of drug-likeness (QED) is 0.572. The van der Waals surface area contributed by atoms with Crippen LogP contribution in [0.2, 0.25) is 0 Å². The van der Waals surface area contributed by atoms with Gasteiger partial charge >= 0.3 is 0 Å². The van der Waals surface area contributed by atoms with E-state index in [2.05, 4.69) is 26.8 Å². The van der Waals surface area contributed by atoms with E-state index in [1.165, 1.54) is 0 Å². The molecule has 2 amide bonds. The topological polar surface area (TPSA) is 59.1 Å². The van der Waals surface area contributed by atoms with Gasteiger partial charge in [0.15, 0.2) is 0 Å². The third-order valence-electron chi connectivity index (χ3n) is 6.65. The lowest BCUT2D eigenvalue weighted by Gasteiger charge is -2.31. The second-order valence-corrected chi connectivity index (χ2v) is 9.13. The maximum absolute atomic E-state index is 12.8. The van der Waals surface area contributed by atoms with Gasteiger partial charge in [-0.25, -0.2) is 0 Å². The zero-order valence-electron chi connectivity index (χ0n) is 20.1. The van der Waals surface area contributed by atoms with E-state index in [0.29, 0.717) is 18.6 Å². The Balaban J connectivity index is 1.64. The summed E-state index contributed by atoms with van der Waals surface area (Å²) in [6.07, 6.45) is 3.31. The van der Waals surface area contributed by atoms with Crippen LogP contribution in [0.25, 0.3) is 0 Å². The number of hydrogen-bond acceptors (Lipinski definition) is 4. The zero-order chi connectivity index (χ0) is 23.5. The Hall–Kier alpha value is -3.02. The van der Waals surface area contributed by atoms with Gasteiger partial charge < -0.3 is 19.3 Å². The van der Waals surface area contributed by atoms with Crippen molar-refractivity contribution in [2.45, 2.75) is 59.0 Å². The minimum Gasteiger partial charge on any atom is -0.496 e. The van der Waals surface area contributed by atoms with Gasteiger partial charge in [-0.3, -0.25) is 9.59 Å². The first-order valence-electron chi connectivity index (χ1n) is 12.0. The zero-order valence-corrected chi connectivity index (χ0v) is 20.1. The molecule has 0 atom stereocenters. The van der Waals surface area contributed by atoms with E-state index in [-0.39, 0.29) is 17.7 Å². The number of carbonyl (C=O) groups is 2. The van der Waals surface area contributed by atoms with E-state index < -0.39 is 0 Å². The number of likely N-dealkylation sites (tertiary alicyclic amines) is 1. The first-order valence-corrected chi connectivity index (χ1v) is 12.0. The lowest BCUT2D eigenvalue weighted by atomic mass is 9.99. The van der Waals surface area contributed by atoms with Crippen molar-refractivity contribution in [3.63, 3.8) is 0 Å². The van der Waals surface area contributed by atoms with Gasteiger partial charge in [-0.1, -0.05) is 26.8 Å². The lowest BCUT2D eigenvalue weighted by Crippen LogP contribution is -2.42. The summed E-state index contributed by atoms with van der Waals surface area (Å²) in [5.41, 5.74) is 4.67. The molecule has 2 aliphatic heterocycles. The minimum atomic E-state index is 0.0619. The molecular formula is C27H34N2O4. The molecule has 0 saturated carbocycles. The highest BCUT2D eigenvalue weighted by Crippen LogP contribution is 2.34. The van der Waals surface area contributed by atoms with Gasteiger partial charge in [0, 0.05) is 48.9 Å². The lowest BCUT2D eigenvalue weighted by molar-refractivity contribution is -0.117. The Bertz CT molecular complexity index is 1040. The smallest absolute Gasteiger partial charge is 0.253 e. The summed E-state index contributed by atoms with van der Waals surface area (Å²) in [4.78, 5) is 28.8. The highest BCUT2D eigenvalue weighted by atomic mass is 16.5. The molecule has 0 spiro atoms. The molecule has 176 valence electrons. The molecule has 33 heavy (non-hydrogen) atoms. The molecule has 0 aliphatic carbocycles. The molecule has 0 aromatic heterocycles. The van der Waals surface area contributed by atoms with Crippen molar-refractivity contribution in [1.29, 1.82) is 0 Å². The molecule has 6 nitrogen and oxygen atoms in total. The van der Waals surface area contributed by atoms with Crippen LogP contribution >= 0.6 is 0 Å². The number of amides is 2. The Morgan fingerprint density at radius 3 is 2.42 bits per heavy atom. The largest absolute Gasteiger partial charge is 0.496 e. The molecule has 0 N–H and O–H groups in total. The molecule has 2 fully saturated rings. The van der Waals surface area contributed by atoms with Crippen LogP contribution in [-0.2, 0) is 17.8 Å². The van der Waals surface area contributed by atoms with Crippen LogP contribution in [0.5, 0.6) is 11.5 Å². The summed E-state index contributed by atoms with van der Waals surface area (Å²) in [6, 6.07) is 9.80. The Morgan fingerprint density at radius 2 is 1.85 bits per heavy atom. The van der Waals surface area contributed by atoms with Crippen molar-refractivity contribution in [2.75, 3.05) is 31.6 Å². The predicted molar refractivity (Wildman–Crippen MR) is 129 cm³/mol. The summed E-state index contributed by atoms with van der Waals surface area (Å²) < 4.78 is 12.0. The third-order valence-corrected chi connectivity index (χ3v) is 6.65. The van der Waals surface area contributed by atoms with Gasteiger partial charge in [-0.05, 0) is 54.5 Å². The number of anilines is 1. The summed E-state index contributed by atoms with van der Waals surface area (Å²) in [6.45, 7) is 9.06. The van der Waals surface area contributed by atoms with E-state index >= 15 is 0 Å². The molecule has 4 rings (SSSR count). The average Bonchev–Trinajstić information content (AvgIpc) is 3.21. The molecule has 2 saturated heterocycles. The van der Waals surface area contributed by atoms with Gasteiger partial charge in [0.25, 0.3) is 5.91 Å². The molecule has 0 radical (unpaired) electrons. The fourth-order valence-electron chi connectivity index (χ4n) is 4.60. The van der Waals surface area contributed by atoms with Crippen LogP contribution in [0.15, 0.2) is 30.3 Å². The van der Waals surface area contributed by atoms with Crippen LogP contribution in [0, 0.1) is 0 Å². The molecule has 2 aromatic carbocycles. The van der Waals surface area contributed by atoms with E-state index in [9.17, 15) is 9.59 Å². The van der Waals surface area contributed by atoms with Crippen molar-refractivity contribution < 1.29 is 19.1 Å². The summed E-state index contributed by atoms with van der Waals surface area (Å²) in [7, 11) is 1.66. The molecule has 6 heteroatoms. The van der Waals surface area contributed by atoms with Crippen LogP contribution in [0.3, 0.4) is 0 Å². The average molecular weight is 451 g/mol. The predicted octanol–water partition coefficient (Wildman–Crippen LogP) is 4.93. The second kappa shape index (κ2) is 9.86. The number of nitrogens with zero attached hydrogens (tertiary/aromatic N) is 2. The van der Waals surface area contributed by atoms with Crippen LogP contribution in [0.1, 0.15) is 73.0 Å². The van der Waals surface area contributed by atoms with E-state index in [0.717, 1.165) is 72.8 Å². The third kappa shape index (κ3) is 4.70. The molecule has 2 heterocycles. The number of methoxy groups -OCH3 is 1. The molecule has 2 aliphatic rings.